The van der Waals surface area contributed by atoms with Gasteiger partial charge in [-0.1, -0.05) is 54.2 Å². The van der Waals surface area contributed by atoms with Crippen LogP contribution in [0.15, 0.2) is 11.6 Å². The largest absolute Gasteiger partial charge is 0.381 e. The van der Waals surface area contributed by atoms with Crippen LogP contribution in [-0.2, 0) is 23.7 Å². The highest BCUT2D eigenvalue weighted by Crippen LogP contribution is 2.26. The van der Waals surface area contributed by atoms with Crippen molar-refractivity contribution in [2.24, 2.45) is 11.8 Å². The second kappa shape index (κ2) is 27.4. The number of fused-ring (bicyclic) bond motifs is 4. The van der Waals surface area contributed by atoms with Crippen LogP contribution in [0.1, 0.15) is 88.0 Å². The summed E-state index contributed by atoms with van der Waals surface area (Å²) in [7, 11) is 6.44. The minimum Gasteiger partial charge on any atom is -0.381 e. The number of hydrogen-bond donors (Lipinski definition) is 0. The molecule has 8 rings (SSSR count). The van der Waals surface area contributed by atoms with Gasteiger partial charge < -0.3 is 38.4 Å². The maximum absolute atomic E-state index is 5.63. The van der Waals surface area contributed by atoms with Gasteiger partial charge in [0.05, 0.1) is 50.8 Å². The number of piperidine rings is 1. The number of likely N-dealkylation sites (tertiary alicyclic amines) is 1. The highest BCUT2D eigenvalue weighted by molar-refractivity contribution is 5.75. The molecule has 7 saturated heterocycles. The molecule has 0 aliphatic carbocycles. The van der Waals surface area contributed by atoms with Crippen molar-refractivity contribution in [1.82, 2.24) is 14.7 Å². The molecule has 8 nitrogen and oxygen atoms in total. The number of rotatable bonds is 0. The Hall–Kier alpha value is -0.515. The third kappa shape index (κ3) is 23.5. The quantitative estimate of drug-likeness (QED) is 0.241. The van der Waals surface area contributed by atoms with E-state index in [1.165, 1.54) is 37.7 Å². The summed E-state index contributed by atoms with van der Waals surface area (Å²) in [6, 6.07) is 0. The van der Waals surface area contributed by atoms with E-state index in [-0.39, 0.29) is 23.3 Å². The van der Waals surface area contributed by atoms with Gasteiger partial charge in [-0.3, -0.25) is 0 Å². The van der Waals surface area contributed by atoms with Crippen LogP contribution in [0.5, 0.6) is 0 Å². The van der Waals surface area contributed by atoms with Crippen molar-refractivity contribution in [3.8, 4) is 0 Å². The SMILES string of the molecule is C.C.CC(C)C.CC1=CCOCC1.CC1CCOCC1.CN1CC2CC(C1)O2.CN1CC2CCC(C1)O2.CN1CCOCC1.[B]. The summed E-state index contributed by atoms with van der Waals surface area (Å²) in [5, 5.41) is 0. The molecule has 0 saturated carbocycles. The Balaban J connectivity index is 0. The zero-order valence-electron chi connectivity index (χ0n) is 29.2. The van der Waals surface area contributed by atoms with Gasteiger partial charge in [-0.05, 0) is 72.0 Å². The van der Waals surface area contributed by atoms with E-state index in [1.807, 2.05) is 0 Å². The van der Waals surface area contributed by atoms with Crippen molar-refractivity contribution in [1.29, 1.82) is 0 Å². The molecule has 45 heavy (non-hydrogen) atoms. The van der Waals surface area contributed by atoms with E-state index in [0.29, 0.717) is 24.4 Å². The molecule has 8 aliphatic rings. The fraction of sp³-hybridized carbons (Fsp3) is 0.944. The van der Waals surface area contributed by atoms with Gasteiger partial charge in [-0.15, -0.1) is 0 Å². The molecule has 0 aromatic carbocycles. The summed E-state index contributed by atoms with van der Waals surface area (Å²) in [4.78, 5) is 6.97. The lowest BCUT2D eigenvalue weighted by atomic mass is 10.00. The van der Waals surface area contributed by atoms with Crippen LogP contribution in [0.3, 0.4) is 0 Å². The molecular formula is C36H75BN3O5. The predicted octanol–water partition coefficient (Wildman–Crippen LogP) is 5.86. The number of ether oxygens (including phenoxy) is 5. The van der Waals surface area contributed by atoms with Gasteiger partial charge >= 0.3 is 0 Å². The van der Waals surface area contributed by atoms with Crippen LogP contribution < -0.4 is 0 Å². The van der Waals surface area contributed by atoms with Crippen molar-refractivity contribution in [2.75, 3.05) is 100 Å². The minimum atomic E-state index is 0. The van der Waals surface area contributed by atoms with Crippen LogP contribution in [0, 0.1) is 11.8 Å². The van der Waals surface area contributed by atoms with Crippen molar-refractivity contribution < 1.29 is 23.7 Å². The van der Waals surface area contributed by atoms with Gasteiger partial charge in [0.15, 0.2) is 0 Å². The van der Waals surface area contributed by atoms with Gasteiger partial charge in [-0.25, -0.2) is 0 Å². The van der Waals surface area contributed by atoms with E-state index < -0.39 is 0 Å². The molecular weight excluding hydrogens is 565 g/mol. The van der Waals surface area contributed by atoms with Crippen molar-refractivity contribution in [3.63, 3.8) is 0 Å². The lowest BCUT2D eigenvalue weighted by Gasteiger charge is -2.45. The summed E-state index contributed by atoms with van der Waals surface area (Å²) in [6.45, 7) is 23.3. The minimum absolute atomic E-state index is 0. The van der Waals surface area contributed by atoms with Gasteiger partial charge in [-0.2, -0.15) is 0 Å². The van der Waals surface area contributed by atoms with Crippen molar-refractivity contribution in [3.05, 3.63) is 11.6 Å². The summed E-state index contributed by atoms with van der Waals surface area (Å²) in [5.41, 5.74) is 1.46. The molecule has 0 spiro atoms. The van der Waals surface area contributed by atoms with E-state index in [2.05, 4.69) is 76.5 Å². The average Bonchev–Trinajstić information content (AvgIpc) is 3.28. The number of nitrogens with zero attached hydrogens (tertiary/aromatic N) is 3. The summed E-state index contributed by atoms with van der Waals surface area (Å²) < 4.78 is 26.3. The van der Waals surface area contributed by atoms with Crippen molar-refractivity contribution in [2.45, 2.75) is 112 Å². The van der Waals surface area contributed by atoms with Gasteiger partial charge in [0.2, 0.25) is 0 Å². The van der Waals surface area contributed by atoms with Crippen LogP contribution in [0.2, 0.25) is 0 Å². The molecule has 0 aromatic heterocycles. The normalized spacial score (nSPS) is 29.0. The highest BCUT2D eigenvalue weighted by atomic mass is 16.5. The second-order valence-electron chi connectivity index (χ2n) is 13.8. The van der Waals surface area contributed by atoms with Crippen molar-refractivity contribution >= 4 is 8.41 Å². The van der Waals surface area contributed by atoms with E-state index >= 15 is 0 Å². The van der Waals surface area contributed by atoms with Gasteiger partial charge in [0.1, 0.15) is 0 Å². The van der Waals surface area contributed by atoms with Crippen LogP contribution >= 0.6 is 0 Å². The third-order valence-electron chi connectivity index (χ3n) is 8.10. The Labute approximate surface area is 282 Å². The summed E-state index contributed by atoms with van der Waals surface area (Å²) in [5.74, 6) is 1.74. The Bertz CT molecular complexity index is 657. The van der Waals surface area contributed by atoms with E-state index in [4.69, 9.17) is 23.7 Å². The first-order valence-corrected chi connectivity index (χ1v) is 16.9. The molecule has 0 amide bonds. The highest BCUT2D eigenvalue weighted by Gasteiger charge is 2.36. The maximum atomic E-state index is 5.63. The van der Waals surface area contributed by atoms with Crippen LogP contribution in [0.25, 0.3) is 0 Å². The maximum Gasteiger partial charge on any atom is 0.0731 e. The Morgan fingerprint density at radius 3 is 1.36 bits per heavy atom. The average molecular weight is 641 g/mol. The molecule has 0 aromatic rings. The molecule has 8 aliphatic heterocycles. The number of morpholine rings is 3. The van der Waals surface area contributed by atoms with Crippen LogP contribution in [0.4, 0.5) is 0 Å². The first-order valence-electron chi connectivity index (χ1n) is 16.9. The third-order valence-corrected chi connectivity index (χ3v) is 8.10. The Morgan fingerprint density at radius 2 is 1.07 bits per heavy atom. The first kappa shape index (κ1) is 46.6. The fourth-order valence-corrected chi connectivity index (χ4v) is 5.47. The molecule has 7 fully saturated rings. The molecule has 3 radical (unpaired) electrons. The second-order valence-corrected chi connectivity index (χ2v) is 13.8. The van der Waals surface area contributed by atoms with Gasteiger partial charge in [0.25, 0.3) is 0 Å². The topological polar surface area (TPSA) is 55.9 Å². The van der Waals surface area contributed by atoms with Gasteiger partial charge in [0, 0.05) is 67.3 Å². The Kier molecular flexibility index (Phi) is 28.4. The molecule has 4 bridgehead atoms. The summed E-state index contributed by atoms with van der Waals surface area (Å²) in [6.07, 6.45) is 12.0. The van der Waals surface area contributed by atoms with Crippen LogP contribution in [-0.4, -0.2) is 148 Å². The predicted molar refractivity (Wildman–Crippen MR) is 193 cm³/mol. The number of hydrogen-bond acceptors (Lipinski definition) is 8. The molecule has 4 atom stereocenters. The monoisotopic (exact) mass is 641 g/mol. The lowest BCUT2D eigenvalue weighted by Crippen LogP contribution is -2.55. The van der Waals surface area contributed by atoms with E-state index in [1.54, 1.807) is 0 Å². The molecule has 4 unspecified atom stereocenters. The fourth-order valence-electron chi connectivity index (χ4n) is 5.47. The standard InChI is InChI=1S/C7H13NO.C6H11NO.C6H12O.C6H10O.C5H11NO.C4H10.2CH4.B/c1-8-4-6-2-3-7(5-8)9-6;1-7-3-5-2-6(4-7)8-5;3*1-6-2-4-7-5-3-6;1-4(2)3;;;/h6-7H,2-5H2,1H3;5-6H,2-4H2,1H3;6H,2-5H2,1H3;2H,3-5H2,1H3;2-5H2,1H3;4H,1-3H3;2*1H4;. The first-order chi connectivity index (χ1) is 20.1. The molecule has 8 heterocycles. The zero-order valence-corrected chi connectivity index (χ0v) is 29.2. The summed E-state index contributed by atoms with van der Waals surface area (Å²) >= 11 is 0. The van der Waals surface area contributed by atoms with E-state index in [0.717, 1.165) is 97.2 Å². The molecule has 0 N–H and O–H groups in total. The Morgan fingerprint density at radius 1 is 0.644 bits per heavy atom. The molecule has 267 valence electrons. The number of likely N-dealkylation sites (N-methyl/N-ethyl adjacent to an activating group) is 3. The lowest BCUT2D eigenvalue weighted by molar-refractivity contribution is -0.175. The van der Waals surface area contributed by atoms with E-state index in [9.17, 15) is 0 Å². The smallest absolute Gasteiger partial charge is 0.0731 e. The zero-order chi connectivity index (χ0) is 30.7. The molecule has 9 heteroatoms.